The predicted molar refractivity (Wildman–Crippen MR) is 103 cm³/mol. The third-order valence-electron chi connectivity index (χ3n) is 7.26. The van der Waals surface area contributed by atoms with Gasteiger partial charge in [0.2, 0.25) is 5.91 Å². The summed E-state index contributed by atoms with van der Waals surface area (Å²) < 4.78 is 10.4. The average molecular weight is 395 g/mol. The SMILES string of the molecule is COC(=O)[C@H]1N(C(=O)[C@@H](NC(=O)OC(C)(C)C)C(C)(C)C)CC23CC12C3(C)C. The highest BCUT2D eigenvalue weighted by Gasteiger charge is 3.02. The lowest BCUT2D eigenvalue weighted by Gasteiger charge is -2.42. The predicted octanol–water partition coefficient (Wildman–Crippen LogP) is 2.73. The number of nitrogens with zero attached hydrogens (tertiary/aromatic N) is 1. The Hall–Kier alpha value is -1.79. The summed E-state index contributed by atoms with van der Waals surface area (Å²) in [6.07, 6.45) is 0.317. The van der Waals surface area contributed by atoms with E-state index >= 15 is 0 Å². The van der Waals surface area contributed by atoms with E-state index in [0.717, 1.165) is 6.42 Å². The Morgan fingerprint density at radius 2 is 1.68 bits per heavy atom. The molecule has 0 aromatic carbocycles. The highest BCUT2D eigenvalue weighted by molar-refractivity contribution is 5.93. The van der Waals surface area contributed by atoms with E-state index in [2.05, 4.69) is 19.2 Å². The molecule has 2 saturated carbocycles. The third kappa shape index (κ3) is 2.57. The minimum Gasteiger partial charge on any atom is -0.467 e. The lowest BCUT2D eigenvalue weighted by molar-refractivity contribution is -0.158. The van der Waals surface area contributed by atoms with Crippen molar-refractivity contribution in [3.8, 4) is 0 Å². The van der Waals surface area contributed by atoms with Crippen molar-refractivity contribution < 1.29 is 23.9 Å². The average Bonchev–Trinajstić information content (AvgIpc) is 3.24. The molecule has 7 nitrogen and oxygen atoms in total. The van der Waals surface area contributed by atoms with Crippen LogP contribution in [0.1, 0.15) is 61.8 Å². The molecular formula is C21H34N2O5. The van der Waals surface area contributed by atoms with E-state index in [1.165, 1.54) is 7.11 Å². The number of amides is 2. The quantitative estimate of drug-likeness (QED) is 0.744. The van der Waals surface area contributed by atoms with Gasteiger partial charge in [0.05, 0.1) is 7.11 Å². The van der Waals surface area contributed by atoms with E-state index in [1.807, 2.05) is 20.8 Å². The van der Waals surface area contributed by atoms with Crippen LogP contribution >= 0.6 is 0 Å². The van der Waals surface area contributed by atoms with Crippen LogP contribution in [-0.2, 0) is 19.1 Å². The van der Waals surface area contributed by atoms with Crippen molar-refractivity contribution in [1.82, 2.24) is 10.2 Å². The van der Waals surface area contributed by atoms with Gasteiger partial charge < -0.3 is 19.7 Å². The first-order valence-corrected chi connectivity index (χ1v) is 9.94. The third-order valence-corrected chi connectivity index (χ3v) is 7.26. The van der Waals surface area contributed by atoms with Crippen LogP contribution < -0.4 is 5.32 Å². The van der Waals surface area contributed by atoms with Crippen molar-refractivity contribution >= 4 is 18.0 Å². The van der Waals surface area contributed by atoms with E-state index in [-0.39, 0.29) is 28.1 Å². The topological polar surface area (TPSA) is 84.9 Å². The molecule has 2 unspecified atom stereocenters. The zero-order valence-corrected chi connectivity index (χ0v) is 18.6. The Morgan fingerprint density at radius 3 is 2.11 bits per heavy atom. The minimum absolute atomic E-state index is 0.00285. The maximum absolute atomic E-state index is 13.5. The highest BCUT2D eigenvalue weighted by Crippen LogP contribution is 3.00. The van der Waals surface area contributed by atoms with Crippen LogP contribution in [0.3, 0.4) is 0 Å². The number of nitrogens with one attached hydrogen (secondary N) is 1. The molecule has 158 valence electrons. The molecule has 1 saturated heterocycles. The van der Waals surface area contributed by atoms with Gasteiger partial charge in [-0.05, 0) is 38.0 Å². The van der Waals surface area contributed by atoms with E-state index in [9.17, 15) is 14.4 Å². The number of esters is 1. The van der Waals surface area contributed by atoms with E-state index < -0.39 is 29.2 Å². The Balaban J connectivity index is 1.84. The Kier molecular flexibility index (Phi) is 4.21. The van der Waals surface area contributed by atoms with Crippen LogP contribution in [-0.4, -0.2) is 54.2 Å². The number of ether oxygens (including phenoxy) is 2. The number of alkyl carbamates (subject to hydrolysis) is 1. The monoisotopic (exact) mass is 394 g/mol. The van der Waals surface area contributed by atoms with Crippen LogP contribution in [0.4, 0.5) is 4.79 Å². The maximum Gasteiger partial charge on any atom is 0.408 e. The number of piperidine rings is 2. The molecule has 3 fully saturated rings. The minimum atomic E-state index is -0.803. The molecule has 1 N–H and O–H groups in total. The van der Waals surface area contributed by atoms with Crippen LogP contribution in [0, 0.1) is 21.7 Å². The molecular weight excluding hydrogens is 360 g/mol. The van der Waals surface area contributed by atoms with Crippen molar-refractivity contribution in [2.45, 2.75) is 79.5 Å². The Labute approximate surface area is 167 Å². The molecule has 7 heteroatoms. The number of likely N-dealkylation sites (tertiary alicyclic amines) is 1. The Morgan fingerprint density at radius 1 is 1.11 bits per heavy atom. The fourth-order valence-corrected chi connectivity index (χ4v) is 5.59. The number of carbonyl (C=O) groups excluding carboxylic acids is 3. The first-order chi connectivity index (χ1) is 12.6. The van der Waals surface area contributed by atoms with Crippen LogP contribution in [0.5, 0.6) is 0 Å². The van der Waals surface area contributed by atoms with Crippen molar-refractivity contribution in [3.05, 3.63) is 0 Å². The number of hydrogen-bond acceptors (Lipinski definition) is 5. The summed E-state index contributed by atoms with van der Waals surface area (Å²) >= 11 is 0. The molecule has 4 atom stereocenters. The second kappa shape index (κ2) is 5.63. The van der Waals surface area contributed by atoms with Crippen LogP contribution in [0.2, 0.25) is 0 Å². The fraction of sp³-hybridized carbons (Fsp3) is 0.857. The summed E-state index contributed by atoms with van der Waals surface area (Å²) in [6, 6.07) is -1.40. The molecule has 28 heavy (non-hydrogen) atoms. The summed E-state index contributed by atoms with van der Waals surface area (Å²) in [5.74, 6) is -0.626. The van der Waals surface area contributed by atoms with Gasteiger partial charge in [0.1, 0.15) is 17.7 Å². The van der Waals surface area contributed by atoms with Gasteiger partial charge in [-0.2, -0.15) is 0 Å². The summed E-state index contributed by atoms with van der Waals surface area (Å²) in [5.41, 5.74) is -1.36. The summed E-state index contributed by atoms with van der Waals surface area (Å²) in [6.45, 7) is 15.8. The second-order valence-electron chi connectivity index (χ2n) is 11.2. The maximum atomic E-state index is 13.5. The van der Waals surface area contributed by atoms with Gasteiger partial charge >= 0.3 is 12.1 Å². The molecule has 2 aliphatic carbocycles. The normalized spacial score (nSPS) is 33.3. The number of hydrogen-bond donors (Lipinski definition) is 1. The zero-order chi connectivity index (χ0) is 21.5. The van der Waals surface area contributed by atoms with E-state index in [0.29, 0.717) is 6.54 Å². The van der Waals surface area contributed by atoms with Gasteiger partial charge in [0, 0.05) is 17.4 Å². The lowest BCUT2D eigenvalue weighted by Crippen LogP contribution is -2.60. The molecule has 0 radical (unpaired) electrons. The van der Waals surface area contributed by atoms with Crippen molar-refractivity contribution in [1.29, 1.82) is 0 Å². The van der Waals surface area contributed by atoms with Gasteiger partial charge in [0.15, 0.2) is 0 Å². The van der Waals surface area contributed by atoms with Crippen molar-refractivity contribution in [2.75, 3.05) is 13.7 Å². The molecule has 0 bridgehead atoms. The summed E-state index contributed by atoms with van der Waals surface area (Å²) in [7, 11) is 1.36. The lowest BCUT2D eigenvalue weighted by atomic mass is 9.79. The first kappa shape index (κ1) is 20.9. The van der Waals surface area contributed by atoms with Crippen LogP contribution in [0.25, 0.3) is 0 Å². The molecule has 2 amide bonds. The van der Waals surface area contributed by atoms with Crippen LogP contribution in [0.15, 0.2) is 0 Å². The van der Waals surface area contributed by atoms with Crippen molar-refractivity contribution in [2.24, 2.45) is 21.7 Å². The molecule has 0 spiro atoms. The van der Waals surface area contributed by atoms with Crippen molar-refractivity contribution in [3.63, 3.8) is 0 Å². The molecule has 3 rings (SSSR count). The van der Waals surface area contributed by atoms with Gasteiger partial charge in [-0.15, -0.1) is 0 Å². The molecule has 1 aliphatic heterocycles. The van der Waals surface area contributed by atoms with E-state index in [1.54, 1.807) is 25.7 Å². The largest absolute Gasteiger partial charge is 0.467 e. The van der Waals surface area contributed by atoms with E-state index in [4.69, 9.17) is 9.47 Å². The second-order valence-corrected chi connectivity index (χ2v) is 11.2. The fourth-order valence-electron chi connectivity index (χ4n) is 5.59. The number of methoxy groups -OCH3 is 1. The molecule has 0 aromatic rings. The van der Waals surface area contributed by atoms with Gasteiger partial charge in [-0.25, -0.2) is 9.59 Å². The molecule has 1 heterocycles. The number of carbonyl (C=O) groups is 3. The standard InChI is InChI=1S/C21H34N2O5/c1-17(2,3)12(22-16(26)28-18(4,5)6)14(24)23-11-20-10-21(20,19(20,7)8)13(23)15(25)27-9/h12-13H,10-11H2,1-9H3,(H,22,26)/t12-,13-,20?,21?/m1/s1. The highest BCUT2D eigenvalue weighted by atomic mass is 16.6. The van der Waals surface area contributed by atoms with Gasteiger partial charge in [-0.1, -0.05) is 34.6 Å². The smallest absolute Gasteiger partial charge is 0.408 e. The summed E-state index contributed by atoms with van der Waals surface area (Å²) in [5, 5.41) is 2.74. The first-order valence-electron chi connectivity index (χ1n) is 9.94. The number of rotatable bonds is 3. The molecule has 0 aromatic heterocycles. The Bertz CT molecular complexity index is 732. The van der Waals surface area contributed by atoms with Gasteiger partial charge in [0.25, 0.3) is 0 Å². The summed E-state index contributed by atoms with van der Waals surface area (Å²) in [4.78, 5) is 40.1. The van der Waals surface area contributed by atoms with Gasteiger partial charge in [-0.3, -0.25) is 4.79 Å². The molecule has 3 aliphatic rings. The zero-order valence-electron chi connectivity index (χ0n) is 18.6.